The Balaban J connectivity index is 1.39. The summed E-state index contributed by atoms with van der Waals surface area (Å²) < 4.78 is 33.3. The van der Waals surface area contributed by atoms with E-state index in [1.54, 1.807) is 36.4 Å². The monoisotopic (exact) mass is 522 g/mol. The van der Waals surface area contributed by atoms with Gasteiger partial charge in [0, 0.05) is 13.0 Å². The van der Waals surface area contributed by atoms with Gasteiger partial charge >= 0.3 is 5.97 Å². The van der Waals surface area contributed by atoms with Crippen molar-refractivity contribution < 1.29 is 27.9 Å². The average molecular weight is 523 g/mol. The Hall–Kier alpha value is -3.69. The van der Waals surface area contributed by atoms with Crippen molar-refractivity contribution in [3.05, 3.63) is 95.6 Å². The number of aliphatic carboxylic acids is 1. The van der Waals surface area contributed by atoms with Crippen molar-refractivity contribution in [2.24, 2.45) is 0 Å². The molecule has 3 aromatic carbocycles. The number of rotatable bonds is 10. The molecule has 2 N–H and O–H groups in total. The Morgan fingerprint density at radius 1 is 1.00 bits per heavy atom. The van der Waals surface area contributed by atoms with E-state index < -0.39 is 34.0 Å². The van der Waals surface area contributed by atoms with E-state index in [4.69, 9.17) is 4.74 Å². The van der Waals surface area contributed by atoms with Crippen molar-refractivity contribution in [2.75, 3.05) is 6.54 Å². The van der Waals surface area contributed by atoms with Gasteiger partial charge in [0.15, 0.2) is 0 Å². The number of sulfonamides is 1. The molecular weight excluding hydrogens is 492 g/mol. The van der Waals surface area contributed by atoms with Crippen LogP contribution in [-0.2, 0) is 32.6 Å². The Morgan fingerprint density at radius 3 is 2.32 bits per heavy atom. The highest BCUT2D eigenvalue weighted by Crippen LogP contribution is 2.27. The van der Waals surface area contributed by atoms with Gasteiger partial charge in [-0.15, -0.1) is 0 Å². The molecule has 37 heavy (non-hydrogen) atoms. The van der Waals surface area contributed by atoms with Crippen LogP contribution in [0.4, 0.5) is 0 Å². The maximum atomic E-state index is 13.2. The molecular formula is C28H30N2O6S. The topological polar surface area (TPSA) is 113 Å². The van der Waals surface area contributed by atoms with Gasteiger partial charge in [0.25, 0.3) is 0 Å². The molecule has 1 heterocycles. The molecule has 0 radical (unpaired) electrons. The molecule has 1 aliphatic rings. The summed E-state index contributed by atoms with van der Waals surface area (Å²) in [6, 6.07) is 21.0. The fourth-order valence-corrected chi connectivity index (χ4v) is 5.96. The van der Waals surface area contributed by atoms with Gasteiger partial charge in [0.05, 0.1) is 4.90 Å². The molecule has 0 aliphatic carbocycles. The molecule has 4 rings (SSSR count). The van der Waals surface area contributed by atoms with Crippen LogP contribution in [-0.4, -0.2) is 48.3 Å². The smallest absolute Gasteiger partial charge is 0.326 e. The SMILES string of the molecule is Cc1ccc(S(=O)(=O)N2CCC[C@H]2C(=O)NC(Cc2ccc(OCc3ccccc3)cc2)C(=O)O)cc1. The first-order valence-electron chi connectivity index (χ1n) is 12.1. The Kier molecular flexibility index (Phi) is 8.25. The lowest BCUT2D eigenvalue weighted by Gasteiger charge is -2.25. The van der Waals surface area contributed by atoms with E-state index in [1.807, 2.05) is 37.3 Å². The molecule has 1 aliphatic heterocycles. The van der Waals surface area contributed by atoms with Crippen molar-refractivity contribution in [2.45, 2.75) is 49.8 Å². The minimum atomic E-state index is -3.88. The molecule has 0 aromatic heterocycles. The van der Waals surface area contributed by atoms with E-state index in [9.17, 15) is 23.1 Å². The van der Waals surface area contributed by atoms with Gasteiger partial charge in [-0.05, 0) is 55.2 Å². The molecule has 2 atom stereocenters. The number of nitrogens with zero attached hydrogens (tertiary/aromatic N) is 1. The summed E-state index contributed by atoms with van der Waals surface area (Å²) in [5, 5.41) is 12.3. The molecule has 1 saturated heterocycles. The van der Waals surface area contributed by atoms with Gasteiger partial charge < -0.3 is 15.2 Å². The first-order valence-corrected chi connectivity index (χ1v) is 13.6. The van der Waals surface area contributed by atoms with E-state index in [1.165, 1.54) is 16.4 Å². The van der Waals surface area contributed by atoms with Gasteiger partial charge in [0.2, 0.25) is 15.9 Å². The number of aryl methyl sites for hydroxylation is 1. The molecule has 1 fully saturated rings. The van der Waals surface area contributed by atoms with Crippen LogP contribution in [0.15, 0.2) is 83.8 Å². The van der Waals surface area contributed by atoms with Gasteiger partial charge in [-0.25, -0.2) is 13.2 Å². The largest absolute Gasteiger partial charge is 0.489 e. The third-order valence-corrected chi connectivity index (χ3v) is 8.28. The van der Waals surface area contributed by atoms with Crippen molar-refractivity contribution >= 4 is 21.9 Å². The van der Waals surface area contributed by atoms with Crippen molar-refractivity contribution in [1.82, 2.24) is 9.62 Å². The summed E-state index contributed by atoms with van der Waals surface area (Å²) >= 11 is 0. The van der Waals surface area contributed by atoms with E-state index in [-0.39, 0.29) is 17.9 Å². The molecule has 9 heteroatoms. The highest BCUT2D eigenvalue weighted by molar-refractivity contribution is 7.89. The second kappa shape index (κ2) is 11.6. The molecule has 3 aromatic rings. The summed E-state index contributed by atoms with van der Waals surface area (Å²) in [4.78, 5) is 25.1. The number of benzene rings is 3. The summed E-state index contributed by atoms with van der Waals surface area (Å²) in [6.45, 7) is 2.48. The van der Waals surface area contributed by atoms with Crippen LogP contribution in [0.2, 0.25) is 0 Å². The summed E-state index contributed by atoms with van der Waals surface area (Å²) in [5.41, 5.74) is 2.66. The van der Waals surface area contributed by atoms with Crippen molar-refractivity contribution in [1.29, 1.82) is 0 Å². The fourth-order valence-electron chi connectivity index (χ4n) is 4.30. The zero-order valence-electron chi connectivity index (χ0n) is 20.5. The van der Waals surface area contributed by atoms with E-state index in [2.05, 4.69) is 5.32 Å². The van der Waals surface area contributed by atoms with Gasteiger partial charge in [-0.1, -0.05) is 60.2 Å². The third-order valence-electron chi connectivity index (χ3n) is 6.36. The van der Waals surface area contributed by atoms with Crippen molar-refractivity contribution in [3.8, 4) is 5.75 Å². The maximum Gasteiger partial charge on any atom is 0.326 e. The van der Waals surface area contributed by atoms with Crippen LogP contribution in [0, 0.1) is 6.92 Å². The van der Waals surface area contributed by atoms with Crippen LogP contribution >= 0.6 is 0 Å². The normalized spacial score (nSPS) is 16.7. The predicted molar refractivity (Wildman–Crippen MR) is 139 cm³/mol. The summed E-state index contributed by atoms with van der Waals surface area (Å²) in [5.74, 6) is -1.15. The highest BCUT2D eigenvalue weighted by atomic mass is 32.2. The summed E-state index contributed by atoms with van der Waals surface area (Å²) in [6.07, 6.45) is 0.902. The molecule has 0 bridgehead atoms. The fraction of sp³-hybridized carbons (Fsp3) is 0.286. The molecule has 194 valence electrons. The second-order valence-electron chi connectivity index (χ2n) is 9.11. The molecule has 0 saturated carbocycles. The van der Waals surface area contributed by atoms with Gasteiger partial charge in [-0.3, -0.25) is 4.79 Å². The Labute approximate surface area is 216 Å². The zero-order valence-corrected chi connectivity index (χ0v) is 21.4. The Bertz CT molecular complexity index is 1330. The number of ether oxygens (including phenoxy) is 1. The van der Waals surface area contributed by atoms with E-state index in [0.29, 0.717) is 30.8 Å². The van der Waals surface area contributed by atoms with Gasteiger partial charge in [-0.2, -0.15) is 4.31 Å². The zero-order chi connectivity index (χ0) is 26.4. The van der Waals surface area contributed by atoms with Crippen LogP contribution in [0.5, 0.6) is 5.75 Å². The molecule has 8 nitrogen and oxygen atoms in total. The van der Waals surface area contributed by atoms with E-state index >= 15 is 0 Å². The van der Waals surface area contributed by atoms with E-state index in [0.717, 1.165) is 11.1 Å². The number of hydrogen-bond acceptors (Lipinski definition) is 5. The lowest BCUT2D eigenvalue weighted by atomic mass is 10.1. The highest BCUT2D eigenvalue weighted by Gasteiger charge is 2.40. The first kappa shape index (κ1) is 26.4. The number of carbonyl (C=O) groups excluding carboxylic acids is 1. The quantitative estimate of drug-likeness (QED) is 0.421. The number of carboxylic acids is 1. The average Bonchev–Trinajstić information content (AvgIpc) is 3.40. The van der Waals surface area contributed by atoms with Crippen LogP contribution in [0.25, 0.3) is 0 Å². The minimum Gasteiger partial charge on any atom is -0.489 e. The second-order valence-corrected chi connectivity index (χ2v) is 11.0. The number of carbonyl (C=O) groups is 2. The molecule has 1 amide bonds. The van der Waals surface area contributed by atoms with Crippen molar-refractivity contribution in [3.63, 3.8) is 0 Å². The van der Waals surface area contributed by atoms with Crippen LogP contribution in [0.1, 0.15) is 29.5 Å². The maximum absolute atomic E-state index is 13.2. The minimum absolute atomic E-state index is 0.0530. The lowest BCUT2D eigenvalue weighted by molar-refractivity contribution is -0.142. The van der Waals surface area contributed by atoms with Crippen LogP contribution < -0.4 is 10.1 Å². The number of hydrogen-bond donors (Lipinski definition) is 2. The third kappa shape index (κ3) is 6.55. The predicted octanol–water partition coefficient (Wildman–Crippen LogP) is 3.54. The lowest BCUT2D eigenvalue weighted by Crippen LogP contribution is -2.51. The number of carboxylic acid groups (broad SMARTS) is 1. The first-order chi connectivity index (χ1) is 17.7. The van der Waals surface area contributed by atoms with Gasteiger partial charge in [0.1, 0.15) is 24.4 Å². The number of nitrogens with one attached hydrogen (secondary N) is 1. The molecule has 1 unspecified atom stereocenters. The summed E-state index contributed by atoms with van der Waals surface area (Å²) in [7, 11) is -3.88. The standard InChI is InChI=1S/C28H30N2O6S/c1-20-9-15-24(16-10-20)37(34,35)30-17-5-8-26(30)27(31)29-25(28(32)33)18-21-11-13-23(14-12-21)36-19-22-6-3-2-4-7-22/h2-4,6-7,9-16,25-26H,5,8,17-19H2,1H3,(H,29,31)(H,32,33)/t25?,26-/m0/s1. The number of amides is 1. The van der Waals surface area contributed by atoms with Crippen LogP contribution in [0.3, 0.4) is 0 Å². The molecule has 0 spiro atoms. The Morgan fingerprint density at radius 2 is 1.68 bits per heavy atom.